The highest BCUT2D eigenvalue weighted by Crippen LogP contribution is 2.24. The highest BCUT2D eigenvalue weighted by Gasteiger charge is 2.28. The van der Waals surface area contributed by atoms with Gasteiger partial charge in [0.15, 0.2) is 5.96 Å². The average molecular weight is 490 g/mol. The fraction of sp³-hybridized carbons (Fsp3) is 0.632. The number of nitrogens with zero attached hydrogens (tertiary/aromatic N) is 3. The smallest absolute Gasteiger partial charge is 0.310 e. The number of aliphatic imine (C=N–C) groups is 1. The standard InChI is InChI=1S/C19H30N4O3.HI/c1-6-26-18(24)15-8-7-9-23(12-15)19(20-4)22-11-16-14(3)17(25-5)13(2)10-21-16;/h10,15H,6-9,11-12H2,1-5H3,(H,20,22);1H. The molecule has 152 valence electrons. The molecular weight excluding hydrogens is 459 g/mol. The van der Waals surface area contributed by atoms with Crippen LogP contribution in [0.25, 0.3) is 0 Å². The zero-order chi connectivity index (χ0) is 19.1. The molecule has 1 aliphatic rings. The molecule has 27 heavy (non-hydrogen) atoms. The van der Waals surface area contributed by atoms with E-state index in [1.165, 1.54) is 0 Å². The normalized spacial score (nSPS) is 17.1. The minimum atomic E-state index is -0.117. The van der Waals surface area contributed by atoms with E-state index in [2.05, 4.69) is 20.2 Å². The third kappa shape index (κ3) is 5.95. The summed E-state index contributed by atoms with van der Waals surface area (Å²) in [6, 6.07) is 0. The summed E-state index contributed by atoms with van der Waals surface area (Å²) < 4.78 is 10.6. The van der Waals surface area contributed by atoms with Crippen molar-refractivity contribution in [1.82, 2.24) is 15.2 Å². The van der Waals surface area contributed by atoms with Crippen molar-refractivity contribution in [2.24, 2.45) is 10.9 Å². The molecule has 1 atom stereocenters. The number of aryl methyl sites for hydroxylation is 1. The lowest BCUT2D eigenvalue weighted by Crippen LogP contribution is -2.48. The maximum atomic E-state index is 12.0. The van der Waals surface area contributed by atoms with Gasteiger partial charge in [-0.1, -0.05) is 0 Å². The number of ether oxygens (including phenoxy) is 2. The number of hydrogen-bond acceptors (Lipinski definition) is 5. The van der Waals surface area contributed by atoms with Crippen molar-refractivity contribution in [1.29, 1.82) is 0 Å². The quantitative estimate of drug-likeness (QED) is 0.296. The van der Waals surface area contributed by atoms with Crippen LogP contribution in [-0.2, 0) is 16.1 Å². The maximum Gasteiger partial charge on any atom is 0.310 e. The summed E-state index contributed by atoms with van der Waals surface area (Å²) in [4.78, 5) is 23.1. The molecule has 0 radical (unpaired) electrons. The first kappa shape index (κ1) is 23.5. The molecule has 1 N–H and O–H groups in total. The van der Waals surface area contributed by atoms with Crippen molar-refractivity contribution in [3.63, 3.8) is 0 Å². The van der Waals surface area contributed by atoms with Crippen LogP contribution in [0, 0.1) is 19.8 Å². The second-order valence-electron chi connectivity index (χ2n) is 6.48. The molecule has 1 aromatic heterocycles. The van der Waals surface area contributed by atoms with Gasteiger partial charge in [-0.15, -0.1) is 24.0 Å². The lowest BCUT2D eigenvalue weighted by atomic mass is 9.98. The van der Waals surface area contributed by atoms with E-state index in [-0.39, 0.29) is 35.9 Å². The molecule has 0 bridgehead atoms. The number of esters is 1. The Morgan fingerprint density at radius 1 is 1.44 bits per heavy atom. The summed E-state index contributed by atoms with van der Waals surface area (Å²) in [7, 11) is 3.43. The number of hydrogen-bond donors (Lipinski definition) is 1. The zero-order valence-corrected chi connectivity index (χ0v) is 19.2. The number of carbonyl (C=O) groups is 1. The van der Waals surface area contributed by atoms with E-state index in [0.717, 1.165) is 47.9 Å². The van der Waals surface area contributed by atoms with Crippen LogP contribution in [0.3, 0.4) is 0 Å². The Hall–Kier alpha value is -1.58. The molecular formula is C19H31IN4O3. The van der Waals surface area contributed by atoms with Gasteiger partial charge >= 0.3 is 5.97 Å². The molecule has 1 aromatic rings. The van der Waals surface area contributed by atoms with Crippen molar-refractivity contribution in [3.8, 4) is 5.75 Å². The molecule has 0 spiro atoms. The van der Waals surface area contributed by atoms with E-state index in [0.29, 0.717) is 19.7 Å². The van der Waals surface area contributed by atoms with Crippen molar-refractivity contribution in [2.75, 3.05) is 33.9 Å². The van der Waals surface area contributed by atoms with E-state index in [4.69, 9.17) is 9.47 Å². The van der Waals surface area contributed by atoms with Crippen LogP contribution in [0.1, 0.15) is 36.6 Å². The van der Waals surface area contributed by atoms with Crippen molar-refractivity contribution in [3.05, 3.63) is 23.0 Å². The third-order valence-corrected chi connectivity index (χ3v) is 4.72. The molecule has 0 aliphatic carbocycles. The largest absolute Gasteiger partial charge is 0.496 e. The van der Waals surface area contributed by atoms with E-state index in [1.807, 2.05) is 27.0 Å². The third-order valence-electron chi connectivity index (χ3n) is 4.72. The number of guanidine groups is 1. The van der Waals surface area contributed by atoms with Gasteiger partial charge in [-0.25, -0.2) is 0 Å². The van der Waals surface area contributed by atoms with Gasteiger partial charge < -0.3 is 19.7 Å². The number of carbonyl (C=O) groups excluding carboxylic acids is 1. The van der Waals surface area contributed by atoms with Gasteiger partial charge in [0, 0.05) is 37.5 Å². The average Bonchev–Trinajstić information content (AvgIpc) is 2.64. The van der Waals surface area contributed by atoms with Gasteiger partial charge in [-0.05, 0) is 33.6 Å². The van der Waals surface area contributed by atoms with Crippen LogP contribution in [0.4, 0.5) is 0 Å². The van der Waals surface area contributed by atoms with Gasteiger partial charge in [-0.3, -0.25) is 14.8 Å². The number of likely N-dealkylation sites (tertiary alicyclic amines) is 1. The van der Waals surface area contributed by atoms with Gasteiger partial charge in [0.1, 0.15) is 5.75 Å². The van der Waals surface area contributed by atoms with Crippen LogP contribution in [0.15, 0.2) is 11.2 Å². The second-order valence-corrected chi connectivity index (χ2v) is 6.48. The molecule has 2 heterocycles. The number of pyridine rings is 1. The number of methoxy groups -OCH3 is 1. The molecule has 7 nitrogen and oxygen atoms in total. The summed E-state index contributed by atoms with van der Waals surface area (Å²) in [5, 5.41) is 3.36. The number of halogens is 1. The second kappa shape index (κ2) is 11.3. The van der Waals surface area contributed by atoms with Crippen LogP contribution in [0.2, 0.25) is 0 Å². The molecule has 8 heteroatoms. The van der Waals surface area contributed by atoms with E-state index in [9.17, 15) is 4.79 Å². The van der Waals surface area contributed by atoms with Crippen LogP contribution >= 0.6 is 24.0 Å². The first-order chi connectivity index (χ1) is 12.5. The summed E-state index contributed by atoms with van der Waals surface area (Å²) >= 11 is 0. The van der Waals surface area contributed by atoms with Gasteiger partial charge in [0.25, 0.3) is 0 Å². The van der Waals surface area contributed by atoms with E-state index >= 15 is 0 Å². The Labute approximate surface area is 178 Å². The predicted molar refractivity (Wildman–Crippen MR) is 117 cm³/mol. The number of nitrogens with one attached hydrogen (secondary N) is 1. The first-order valence-electron chi connectivity index (χ1n) is 9.13. The lowest BCUT2D eigenvalue weighted by molar-refractivity contribution is -0.149. The monoisotopic (exact) mass is 490 g/mol. The van der Waals surface area contributed by atoms with Crippen molar-refractivity contribution >= 4 is 35.9 Å². The Morgan fingerprint density at radius 3 is 2.81 bits per heavy atom. The first-order valence-corrected chi connectivity index (χ1v) is 9.13. The number of piperidine rings is 1. The van der Waals surface area contributed by atoms with Gasteiger partial charge in [-0.2, -0.15) is 0 Å². The summed E-state index contributed by atoms with van der Waals surface area (Å²) in [6.45, 7) is 8.30. The molecule has 1 fully saturated rings. The molecule has 1 saturated heterocycles. The van der Waals surface area contributed by atoms with Crippen LogP contribution in [-0.4, -0.2) is 55.7 Å². The van der Waals surface area contributed by atoms with E-state index < -0.39 is 0 Å². The summed E-state index contributed by atoms with van der Waals surface area (Å²) in [5.41, 5.74) is 2.97. The predicted octanol–water partition coefficient (Wildman–Crippen LogP) is 2.68. The van der Waals surface area contributed by atoms with Crippen molar-refractivity contribution < 1.29 is 14.3 Å². The molecule has 1 aliphatic heterocycles. The molecule has 0 aromatic carbocycles. The van der Waals surface area contributed by atoms with Gasteiger partial charge in [0.05, 0.1) is 31.9 Å². The Kier molecular flexibility index (Phi) is 9.82. The molecule has 0 amide bonds. The summed E-state index contributed by atoms with van der Waals surface area (Å²) in [5.74, 6) is 1.43. The summed E-state index contributed by atoms with van der Waals surface area (Å²) in [6.07, 6.45) is 3.63. The fourth-order valence-corrected chi connectivity index (χ4v) is 3.37. The number of aromatic nitrogens is 1. The Morgan fingerprint density at radius 2 is 2.19 bits per heavy atom. The molecule has 0 saturated carbocycles. The minimum Gasteiger partial charge on any atom is -0.496 e. The molecule has 2 rings (SSSR count). The lowest BCUT2D eigenvalue weighted by Gasteiger charge is -2.34. The SMILES string of the molecule is CCOC(=O)C1CCCN(C(=NC)NCc2ncc(C)c(OC)c2C)C1.I. The van der Waals surface area contributed by atoms with Crippen LogP contribution in [0.5, 0.6) is 5.75 Å². The zero-order valence-electron chi connectivity index (χ0n) is 16.9. The van der Waals surface area contributed by atoms with Crippen molar-refractivity contribution in [2.45, 2.75) is 40.2 Å². The highest BCUT2D eigenvalue weighted by atomic mass is 127. The minimum absolute atomic E-state index is 0. The van der Waals surface area contributed by atoms with Crippen LogP contribution < -0.4 is 10.1 Å². The van der Waals surface area contributed by atoms with Gasteiger partial charge in [0.2, 0.25) is 0 Å². The van der Waals surface area contributed by atoms with E-state index in [1.54, 1.807) is 14.2 Å². The maximum absolute atomic E-state index is 12.0. The fourth-order valence-electron chi connectivity index (χ4n) is 3.37. The number of rotatable bonds is 5. The molecule has 1 unspecified atom stereocenters. The topological polar surface area (TPSA) is 76.0 Å². The Bertz CT molecular complexity index is 667. The highest BCUT2D eigenvalue weighted by molar-refractivity contribution is 14.0. The Balaban J connectivity index is 0.00000364.